The first kappa shape index (κ1) is 15.5. The molecular formula is C19H19N5O. The second-order valence-electron chi connectivity index (χ2n) is 6.19. The van der Waals surface area contributed by atoms with Gasteiger partial charge in [0.05, 0.1) is 5.69 Å². The number of imidazole rings is 1. The lowest BCUT2D eigenvalue weighted by atomic mass is 9.93. The number of carbonyl (C=O) groups excluding carboxylic acids is 1. The molecule has 0 unspecified atom stereocenters. The molecule has 0 bridgehead atoms. The summed E-state index contributed by atoms with van der Waals surface area (Å²) in [6, 6.07) is 9.45. The van der Waals surface area contributed by atoms with Crippen LogP contribution in [-0.2, 0) is 0 Å². The first-order valence-electron chi connectivity index (χ1n) is 8.46. The Bertz CT molecular complexity index is 847. The van der Waals surface area contributed by atoms with Crippen LogP contribution in [0.4, 0.5) is 0 Å². The average Bonchev–Trinajstić information content (AvgIpc) is 3.23. The largest absolute Gasteiger partial charge is 0.338 e. The summed E-state index contributed by atoms with van der Waals surface area (Å²) in [5, 5.41) is 0. The SMILES string of the molecule is O=C(c1ccccc1)N1CCC[C@H](c2nccnc2-n2ccnc2)C1. The molecule has 0 radical (unpaired) electrons. The van der Waals surface area contributed by atoms with Crippen LogP contribution in [0.3, 0.4) is 0 Å². The van der Waals surface area contributed by atoms with Crippen molar-refractivity contribution in [1.29, 1.82) is 0 Å². The van der Waals surface area contributed by atoms with Gasteiger partial charge in [-0.3, -0.25) is 14.3 Å². The van der Waals surface area contributed by atoms with E-state index in [4.69, 9.17) is 0 Å². The van der Waals surface area contributed by atoms with E-state index in [0.717, 1.165) is 36.5 Å². The van der Waals surface area contributed by atoms with E-state index in [1.165, 1.54) is 0 Å². The third-order valence-corrected chi connectivity index (χ3v) is 4.57. The summed E-state index contributed by atoms with van der Waals surface area (Å²) in [6.45, 7) is 1.44. The Morgan fingerprint density at radius 1 is 1.08 bits per heavy atom. The molecule has 126 valence electrons. The van der Waals surface area contributed by atoms with Crippen molar-refractivity contribution in [2.45, 2.75) is 18.8 Å². The third-order valence-electron chi connectivity index (χ3n) is 4.57. The first-order valence-corrected chi connectivity index (χ1v) is 8.46. The van der Waals surface area contributed by atoms with E-state index < -0.39 is 0 Å². The molecule has 1 aromatic carbocycles. The van der Waals surface area contributed by atoms with Gasteiger partial charge < -0.3 is 4.90 Å². The van der Waals surface area contributed by atoms with E-state index in [1.807, 2.05) is 46.0 Å². The number of hydrogen-bond acceptors (Lipinski definition) is 4. The summed E-state index contributed by atoms with van der Waals surface area (Å²) in [5.41, 5.74) is 1.66. The molecule has 6 nitrogen and oxygen atoms in total. The Labute approximate surface area is 146 Å². The monoisotopic (exact) mass is 333 g/mol. The van der Waals surface area contributed by atoms with Gasteiger partial charge in [-0.2, -0.15) is 0 Å². The van der Waals surface area contributed by atoms with Crippen LogP contribution in [-0.4, -0.2) is 43.4 Å². The van der Waals surface area contributed by atoms with Gasteiger partial charge in [0.25, 0.3) is 5.91 Å². The van der Waals surface area contributed by atoms with Gasteiger partial charge in [-0.15, -0.1) is 0 Å². The van der Waals surface area contributed by atoms with Crippen LogP contribution in [0.1, 0.15) is 34.8 Å². The molecule has 1 atom stereocenters. The minimum Gasteiger partial charge on any atom is -0.338 e. The summed E-state index contributed by atoms with van der Waals surface area (Å²) in [4.78, 5) is 27.8. The molecule has 0 saturated carbocycles. The minimum atomic E-state index is 0.0818. The maximum absolute atomic E-state index is 12.8. The number of hydrogen-bond donors (Lipinski definition) is 0. The predicted molar refractivity (Wildman–Crippen MR) is 93.5 cm³/mol. The zero-order valence-corrected chi connectivity index (χ0v) is 13.8. The lowest BCUT2D eigenvalue weighted by molar-refractivity contribution is 0.0705. The van der Waals surface area contributed by atoms with Crippen LogP contribution in [0.5, 0.6) is 0 Å². The third kappa shape index (κ3) is 3.15. The van der Waals surface area contributed by atoms with E-state index in [-0.39, 0.29) is 11.8 Å². The number of piperidine rings is 1. The predicted octanol–water partition coefficient (Wildman–Crippen LogP) is 2.68. The maximum Gasteiger partial charge on any atom is 0.253 e. The van der Waals surface area contributed by atoms with Gasteiger partial charge in [-0.05, 0) is 25.0 Å². The van der Waals surface area contributed by atoms with Gasteiger partial charge in [-0.1, -0.05) is 18.2 Å². The second kappa shape index (κ2) is 6.84. The van der Waals surface area contributed by atoms with Crippen molar-refractivity contribution in [3.8, 4) is 5.82 Å². The number of benzene rings is 1. The standard InChI is InChI=1S/C19H19N5O/c25-19(15-5-2-1-3-6-15)23-11-4-7-16(13-23)17-18(22-9-8-21-17)24-12-10-20-14-24/h1-3,5-6,8-10,12,14,16H,4,7,11,13H2/t16-/m0/s1. The molecule has 1 fully saturated rings. The fourth-order valence-corrected chi connectivity index (χ4v) is 3.36. The van der Waals surface area contributed by atoms with E-state index in [9.17, 15) is 4.79 Å². The van der Waals surface area contributed by atoms with E-state index in [0.29, 0.717) is 6.54 Å². The van der Waals surface area contributed by atoms with Gasteiger partial charge in [0.15, 0.2) is 5.82 Å². The number of nitrogens with zero attached hydrogens (tertiary/aromatic N) is 5. The van der Waals surface area contributed by atoms with Gasteiger partial charge >= 0.3 is 0 Å². The Morgan fingerprint density at radius 2 is 1.92 bits per heavy atom. The second-order valence-corrected chi connectivity index (χ2v) is 6.19. The van der Waals surface area contributed by atoms with Crippen molar-refractivity contribution in [1.82, 2.24) is 24.4 Å². The molecule has 2 aromatic heterocycles. The molecule has 6 heteroatoms. The lowest BCUT2D eigenvalue weighted by Crippen LogP contribution is -2.39. The van der Waals surface area contributed by atoms with Crippen molar-refractivity contribution in [2.24, 2.45) is 0 Å². The van der Waals surface area contributed by atoms with Crippen LogP contribution >= 0.6 is 0 Å². The van der Waals surface area contributed by atoms with Gasteiger partial charge in [0.2, 0.25) is 0 Å². The molecular weight excluding hydrogens is 314 g/mol. The highest BCUT2D eigenvalue weighted by Crippen LogP contribution is 2.29. The van der Waals surface area contributed by atoms with Crippen molar-refractivity contribution >= 4 is 5.91 Å². The topological polar surface area (TPSA) is 63.9 Å². The maximum atomic E-state index is 12.8. The van der Waals surface area contributed by atoms with Gasteiger partial charge in [0, 0.05) is 49.4 Å². The van der Waals surface area contributed by atoms with Gasteiger partial charge in [0.1, 0.15) is 6.33 Å². The highest BCUT2D eigenvalue weighted by molar-refractivity contribution is 5.94. The molecule has 25 heavy (non-hydrogen) atoms. The molecule has 3 aromatic rings. The van der Waals surface area contributed by atoms with E-state index in [1.54, 1.807) is 24.9 Å². The van der Waals surface area contributed by atoms with Crippen LogP contribution in [0.2, 0.25) is 0 Å². The quantitative estimate of drug-likeness (QED) is 0.739. The van der Waals surface area contributed by atoms with Crippen molar-refractivity contribution in [3.05, 3.63) is 72.7 Å². The first-order chi connectivity index (χ1) is 12.3. The Kier molecular flexibility index (Phi) is 4.24. The van der Waals surface area contributed by atoms with Crippen molar-refractivity contribution < 1.29 is 4.79 Å². The van der Waals surface area contributed by atoms with E-state index >= 15 is 0 Å². The molecule has 1 amide bonds. The summed E-state index contributed by atoms with van der Waals surface area (Å²) in [7, 11) is 0. The molecule has 3 heterocycles. The number of rotatable bonds is 3. The Morgan fingerprint density at radius 3 is 2.72 bits per heavy atom. The molecule has 1 saturated heterocycles. The van der Waals surface area contributed by atoms with Gasteiger partial charge in [-0.25, -0.2) is 9.97 Å². The molecule has 1 aliphatic heterocycles. The van der Waals surface area contributed by atoms with Crippen molar-refractivity contribution in [2.75, 3.05) is 13.1 Å². The fraction of sp³-hybridized carbons (Fsp3) is 0.263. The fourth-order valence-electron chi connectivity index (χ4n) is 3.36. The summed E-state index contributed by atoms with van der Waals surface area (Å²) in [5.74, 6) is 1.05. The zero-order chi connectivity index (χ0) is 17.1. The number of likely N-dealkylation sites (tertiary alicyclic amines) is 1. The van der Waals surface area contributed by atoms with Crippen LogP contribution < -0.4 is 0 Å². The summed E-state index contributed by atoms with van der Waals surface area (Å²) >= 11 is 0. The number of amides is 1. The number of carbonyl (C=O) groups is 1. The summed E-state index contributed by atoms with van der Waals surface area (Å²) < 4.78 is 1.88. The van der Waals surface area contributed by atoms with Crippen LogP contribution in [0, 0.1) is 0 Å². The highest BCUT2D eigenvalue weighted by atomic mass is 16.2. The molecule has 0 aliphatic carbocycles. The molecule has 0 spiro atoms. The Balaban J connectivity index is 1.59. The number of aromatic nitrogens is 4. The normalized spacial score (nSPS) is 17.4. The van der Waals surface area contributed by atoms with Crippen LogP contribution in [0.15, 0.2) is 61.4 Å². The van der Waals surface area contributed by atoms with Crippen LogP contribution in [0.25, 0.3) is 5.82 Å². The molecule has 1 aliphatic rings. The molecule has 4 rings (SSSR count). The highest BCUT2D eigenvalue weighted by Gasteiger charge is 2.28. The molecule has 0 N–H and O–H groups in total. The van der Waals surface area contributed by atoms with Crippen molar-refractivity contribution in [3.63, 3.8) is 0 Å². The zero-order valence-electron chi connectivity index (χ0n) is 13.8. The van der Waals surface area contributed by atoms with E-state index in [2.05, 4.69) is 15.0 Å². The Hall–Kier alpha value is -3.02. The average molecular weight is 333 g/mol. The smallest absolute Gasteiger partial charge is 0.253 e. The summed E-state index contributed by atoms with van der Waals surface area (Å²) in [6.07, 6.45) is 10.7. The lowest BCUT2D eigenvalue weighted by Gasteiger charge is -2.33. The minimum absolute atomic E-state index is 0.0818.